The molecule has 0 spiro atoms. The number of halogens is 4. The molecule has 1 aliphatic rings. The molecule has 3 aromatic rings. The minimum Gasteiger partial charge on any atom is -0.484 e. The van der Waals surface area contributed by atoms with Crippen LogP contribution in [0, 0.1) is 5.82 Å². The Balaban J connectivity index is 1.71. The second-order valence-corrected chi connectivity index (χ2v) is 7.02. The van der Waals surface area contributed by atoms with Gasteiger partial charge in [0.15, 0.2) is 6.61 Å². The van der Waals surface area contributed by atoms with Crippen molar-refractivity contribution in [2.45, 2.75) is 25.1 Å². The lowest BCUT2D eigenvalue weighted by Gasteiger charge is -2.29. The van der Waals surface area contributed by atoms with E-state index in [1.807, 2.05) is 4.90 Å². The normalized spacial score (nSPS) is 16.9. The monoisotopic (exact) mass is 423 g/mol. The number of rotatable bonds is 5. The van der Waals surface area contributed by atoms with Crippen LogP contribution < -0.4 is 9.64 Å². The van der Waals surface area contributed by atoms with Gasteiger partial charge in [0.25, 0.3) is 0 Å². The number of ether oxygens (including phenoxy) is 1. The van der Waals surface area contributed by atoms with Gasteiger partial charge < -0.3 is 14.7 Å². The highest BCUT2D eigenvalue weighted by Crippen LogP contribution is 2.41. The van der Waals surface area contributed by atoms with Crippen molar-refractivity contribution < 1.29 is 32.2 Å². The Morgan fingerprint density at radius 2 is 2.07 bits per heavy atom. The maximum Gasteiger partial charge on any atom is 0.422 e. The average molecular weight is 423 g/mol. The molecule has 158 valence electrons. The molecule has 1 saturated heterocycles. The van der Waals surface area contributed by atoms with E-state index in [9.17, 15) is 27.5 Å². The zero-order chi connectivity index (χ0) is 21.5. The third-order valence-electron chi connectivity index (χ3n) is 5.04. The Bertz CT molecular complexity index is 1100. The molecule has 1 fully saturated rings. The Hall–Kier alpha value is -3.30. The first-order valence-electron chi connectivity index (χ1n) is 9.19. The molecule has 0 amide bonds. The molecule has 2 aromatic heterocycles. The Morgan fingerprint density at radius 3 is 2.80 bits per heavy atom. The largest absolute Gasteiger partial charge is 0.484 e. The number of alkyl halides is 3. The lowest BCUT2D eigenvalue weighted by Crippen LogP contribution is -2.24. The Labute approximate surface area is 168 Å². The molecule has 1 N–H and O–H groups in total. The van der Waals surface area contributed by atoms with E-state index in [4.69, 9.17) is 4.74 Å². The fourth-order valence-corrected chi connectivity index (χ4v) is 3.78. The molecule has 1 aliphatic heterocycles. The molecule has 0 radical (unpaired) electrons. The van der Waals surface area contributed by atoms with Crippen molar-refractivity contribution in [3.63, 3.8) is 0 Å². The van der Waals surface area contributed by atoms with E-state index in [0.29, 0.717) is 29.7 Å². The van der Waals surface area contributed by atoms with Crippen molar-refractivity contribution in [1.82, 2.24) is 9.61 Å². The van der Waals surface area contributed by atoms with Crippen molar-refractivity contribution in [1.29, 1.82) is 0 Å². The summed E-state index contributed by atoms with van der Waals surface area (Å²) in [6, 6.07) is 6.43. The summed E-state index contributed by atoms with van der Waals surface area (Å²) in [5.74, 6) is -1.72. The van der Waals surface area contributed by atoms with Gasteiger partial charge in [-0.15, -0.1) is 0 Å². The molecule has 0 aliphatic carbocycles. The lowest BCUT2D eigenvalue weighted by molar-refractivity contribution is -0.153. The SMILES string of the molecule is O=C(O)c1cnn2ccc(N3CCC[C@@H]3c3cc(F)ccc3OCC(F)(F)F)cc12. The summed E-state index contributed by atoms with van der Waals surface area (Å²) in [5, 5.41) is 13.3. The second kappa shape index (κ2) is 7.51. The molecule has 1 aromatic carbocycles. The first-order valence-corrected chi connectivity index (χ1v) is 9.19. The minimum atomic E-state index is -4.51. The van der Waals surface area contributed by atoms with Crippen LogP contribution >= 0.6 is 0 Å². The molecule has 30 heavy (non-hydrogen) atoms. The summed E-state index contributed by atoms with van der Waals surface area (Å²) in [7, 11) is 0. The van der Waals surface area contributed by atoms with E-state index >= 15 is 0 Å². The van der Waals surface area contributed by atoms with Gasteiger partial charge in [-0.1, -0.05) is 0 Å². The summed E-state index contributed by atoms with van der Waals surface area (Å²) in [6.45, 7) is -0.894. The second-order valence-electron chi connectivity index (χ2n) is 7.02. The number of carbonyl (C=O) groups is 1. The standard InChI is InChI=1S/C20H17F4N3O3/c21-12-3-4-18(30-11-20(22,23)24)14(8-12)16-2-1-6-26(16)13-5-7-27-17(9-13)15(10-25-27)19(28)29/h3-5,7-10,16H,1-2,6,11H2,(H,28,29)/t16-/m1/s1. The van der Waals surface area contributed by atoms with E-state index < -0.39 is 30.6 Å². The molecule has 1 atom stereocenters. The topological polar surface area (TPSA) is 67.1 Å². The highest BCUT2D eigenvalue weighted by molar-refractivity contribution is 5.95. The van der Waals surface area contributed by atoms with Gasteiger partial charge in [0, 0.05) is 24.0 Å². The van der Waals surface area contributed by atoms with Crippen molar-refractivity contribution in [3.8, 4) is 5.75 Å². The van der Waals surface area contributed by atoms with Gasteiger partial charge in [-0.25, -0.2) is 13.7 Å². The number of fused-ring (bicyclic) bond motifs is 1. The third kappa shape index (κ3) is 3.89. The summed E-state index contributed by atoms with van der Waals surface area (Å²) in [4.78, 5) is 13.3. The van der Waals surface area contributed by atoms with E-state index in [0.717, 1.165) is 12.5 Å². The lowest BCUT2D eigenvalue weighted by atomic mass is 10.0. The number of hydrogen-bond donors (Lipinski definition) is 1. The number of nitrogens with zero attached hydrogens (tertiary/aromatic N) is 3. The van der Waals surface area contributed by atoms with Crippen LogP contribution in [0.25, 0.3) is 5.52 Å². The molecule has 0 saturated carbocycles. The average Bonchev–Trinajstić information content (AvgIpc) is 3.32. The predicted octanol–water partition coefficient (Wildman–Crippen LogP) is 4.45. The van der Waals surface area contributed by atoms with E-state index in [-0.39, 0.29) is 11.3 Å². The van der Waals surface area contributed by atoms with Crippen LogP contribution in [-0.2, 0) is 0 Å². The van der Waals surface area contributed by atoms with Crippen LogP contribution in [0.2, 0.25) is 0 Å². The molecule has 3 heterocycles. The Kier molecular flexibility index (Phi) is 5.00. The molecular weight excluding hydrogens is 406 g/mol. The number of aromatic nitrogens is 2. The van der Waals surface area contributed by atoms with E-state index in [2.05, 4.69) is 5.10 Å². The Morgan fingerprint density at radius 1 is 1.27 bits per heavy atom. The molecule has 0 unspecified atom stereocenters. The molecule has 0 bridgehead atoms. The van der Waals surface area contributed by atoms with Crippen molar-refractivity contribution in [3.05, 3.63) is 59.7 Å². The van der Waals surface area contributed by atoms with Crippen molar-refractivity contribution in [2.75, 3.05) is 18.1 Å². The molecule has 6 nitrogen and oxygen atoms in total. The first-order chi connectivity index (χ1) is 14.2. The number of carboxylic acids is 1. The van der Waals surface area contributed by atoms with Gasteiger partial charge in [0.05, 0.1) is 17.8 Å². The number of pyridine rings is 1. The fourth-order valence-electron chi connectivity index (χ4n) is 3.78. The number of anilines is 1. The molecule has 4 rings (SSSR count). The number of carboxylic acid groups (broad SMARTS) is 1. The van der Waals surface area contributed by atoms with Crippen LogP contribution in [0.15, 0.2) is 42.7 Å². The summed E-state index contributed by atoms with van der Waals surface area (Å²) in [5.41, 5.74) is 1.41. The van der Waals surface area contributed by atoms with Crippen LogP contribution in [0.1, 0.15) is 34.8 Å². The molecular formula is C20H17F4N3O3. The highest BCUT2D eigenvalue weighted by Gasteiger charge is 2.32. The summed E-state index contributed by atoms with van der Waals surface area (Å²) in [6.07, 6.45) is -0.336. The number of hydrogen-bond acceptors (Lipinski definition) is 4. The number of aromatic carboxylic acids is 1. The molecule has 10 heteroatoms. The summed E-state index contributed by atoms with van der Waals surface area (Å²) < 4.78 is 58.2. The van der Waals surface area contributed by atoms with Crippen molar-refractivity contribution >= 4 is 17.2 Å². The zero-order valence-electron chi connectivity index (χ0n) is 15.6. The van der Waals surface area contributed by atoms with Crippen LogP contribution in [-0.4, -0.2) is 40.0 Å². The number of benzene rings is 1. The van der Waals surface area contributed by atoms with Crippen LogP contribution in [0.4, 0.5) is 23.2 Å². The van der Waals surface area contributed by atoms with E-state index in [1.54, 1.807) is 18.3 Å². The quantitative estimate of drug-likeness (QED) is 0.614. The maximum absolute atomic E-state index is 13.9. The van der Waals surface area contributed by atoms with Crippen LogP contribution in [0.5, 0.6) is 5.75 Å². The van der Waals surface area contributed by atoms with Gasteiger partial charge in [-0.05, 0) is 43.2 Å². The van der Waals surface area contributed by atoms with Gasteiger partial charge in [0.2, 0.25) is 0 Å². The van der Waals surface area contributed by atoms with Gasteiger partial charge in [0.1, 0.15) is 17.1 Å². The summed E-state index contributed by atoms with van der Waals surface area (Å²) >= 11 is 0. The van der Waals surface area contributed by atoms with Gasteiger partial charge in [-0.2, -0.15) is 18.3 Å². The van der Waals surface area contributed by atoms with Crippen molar-refractivity contribution in [2.24, 2.45) is 0 Å². The minimum absolute atomic E-state index is 0.0257. The zero-order valence-corrected chi connectivity index (χ0v) is 15.6. The smallest absolute Gasteiger partial charge is 0.422 e. The fraction of sp³-hybridized carbons (Fsp3) is 0.300. The van der Waals surface area contributed by atoms with Gasteiger partial charge >= 0.3 is 12.1 Å². The van der Waals surface area contributed by atoms with Gasteiger partial charge in [-0.3, -0.25) is 0 Å². The first kappa shape index (κ1) is 20.0. The maximum atomic E-state index is 13.9. The third-order valence-corrected chi connectivity index (χ3v) is 5.04. The van der Waals surface area contributed by atoms with E-state index in [1.165, 1.54) is 22.8 Å². The highest BCUT2D eigenvalue weighted by atomic mass is 19.4. The predicted molar refractivity (Wildman–Crippen MR) is 99.4 cm³/mol. The van der Waals surface area contributed by atoms with Crippen LogP contribution in [0.3, 0.4) is 0 Å².